The number of rotatable bonds is 7. The Labute approximate surface area is 199 Å². The first-order chi connectivity index (χ1) is 16.7. The van der Waals surface area contributed by atoms with Crippen LogP contribution in [0.3, 0.4) is 0 Å². The van der Waals surface area contributed by atoms with E-state index in [2.05, 4.69) is 10.0 Å². The highest BCUT2D eigenvalue weighted by atomic mass is 19.3. The van der Waals surface area contributed by atoms with Crippen molar-refractivity contribution in [1.82, 2.24) is 15.4 Å². The smallest absolute Gasteiger partial charge is 0.281 e. The van der Waals surface area contributed by atoms with Crippen molar-refractivity contribution >= 4 is 34.8 Å². The van der Waals surface area contributed by atoms with Crippen LogP contribution < -0.4 is 15.6 Å². The number of fused-ring (bicyclic) bond motifs is 1. The van der Waals surface area contributed by atoms with Gasteiger partial charge in [-0.2, -0.15) is 5.48 Å². The van der Waals surface area contributed by atoms with Gasteiger partial charge in [0.05, 0.1) is 22.9 Å². The number of hydrogen-bond acceptors (Lipinski definition) is 6. The topological polar surface area (TPSA) is 143 Å². The van der Waals surface area contributed by atoms with Crippen LogP contribution in [0.5, 0.6) is 5.75 Å². The van der Waals surface area contributed by atoms with Gasteiger partial charge in [-0.05, 0) is 49.4 Å². The largest absolute Gasteiger partial charge is 0.460 e. The molecule has 35 heavy (non-hydrogen) atoms. The summed E-state index contributed by atoms with van der Waals surface area (Å²) in [6.07, 6.45) is 4.47. The molecule has 3 aromatic rings. The van der Waals surface area contributed by atoms with Gasteiger partial charge in [0.25, 0.3) is 11.8 Å². The summed E-state index contributed by atoms with van der Waals surface area (Å²) < 4.78 is 23.8. The number of aromatic nitrogens is 1. The third-order valence-electron chi connectivity index (χ3n) is 6.10. The first-order valence-corrected chi connectivity index (χ1v) is 11.0. The summed E-state index contributed by atoms with van der Waals surface area (Å²) >= 11 is 0. The van der Waals surface area contributed by atoms with Gasteiger partial charge in [-0.25, -0.2) is 0 Å². The lowest BCUT2D eigenvalue weighted by atomic mass is 10.1. The number of aryl methyl sites for hydroxylation is 1. The number of nitrogens with zero attached hydrogens (tertiary/aromatic N) is 1. The second-order valence-electron chi connectivity index (χ2n) is 8.42. The number of amides is 2. The molecule has 0 unspecified atom stereocenters. The summed E-state index contributed by atoms with van der Waals surface area (Å²) in [7, 11) is 0. The number of carbonyl (C=O) groups is 2. The number of nitrogens with two attached hydrogens (primary N) is 1. The van der Waals surface area contributed by atoms with Crippen molar-refractivity contribution in [3.8, 4) is 5.75 Å². The molecule has 4 rings (SSSR count). The van der Waals surface area contributed by atoms with Crippen molar-refractivity contribution in [3.05, 3.63) is 58.6 Å². The van der Waals surface area contributed by atoms with Gasteiger partial charge < -0.3 is 24.1 Å². The third-order valence-corrected chi connectivity index (χ3v) is 6.10. The number of halogens is 1. The zero-order valence-corrected chi connectivity index (χ0v) is 19.4. The molecule has 0 spiro atoms. The van der Waals surface area contributed by atoms with Gasteiger partial charge in [-0.3, -0.25) is 15.0 Å². The zero-order valence-electron chi connectivity index (χ0n) is 19.4. The van der Waals surface area contributed by atoms with Crippen molar-refractivity contribution in [2.24, 2.45) is 0 Å². The Balaban J connectivity index is 1.62. The summed E-state index contributed by atoms with van der Waals surface area (Å²) in [6.45, 7) is 5.56. The van der Waals surface area contributed by atoms with Crippen molar-refractivity contribution in [2.45, 2.75) is 39.3 Å². The maximum absolute atomic E-state index is 13.1. The molecule has 2 aromatic heterocycles. The number of aromatic amines is 1. The second-order valence-corrected chi connectivity index (χ2v) is 8.42. The summed E-state index contributed by atoms with van der Waals surface area (Å²) in [5.41, 5.74) is 3.81. The number of likely N-dealkylation sites (tertiary alicyclic amines) is 1. The Morgan fingerprint density at radius 3 is 2.80 bits per heavy atom. The minimum Gasteiger partial charge on any atom is -0.460 e. The summed E-state index contributed by atoms with van der Waals surface area (Å²) in [6, 6.07) is 4.74. The average molecular weight is 485 g/mol. The molecule has 10 nitrogen and oxygen atoms in total. The minimum atomic E-state index is -0.783. The molecular formula is C24H26FN4O6+. The molecule has 0 radical (unpaired) electrons. The van der Waals surface area contributed by atoms with Crippen molar-refractivity contribution in [1.29, 1.82) is 0 Å². The van der Waals surface area contributed by atoms with E-state index in [0.29, 0.717) is 45.7 Å². The van der Waals surface area contributed by atoms with Gasteiger partial charge >= 0.3 is 0 Å². The van der Waals surface area contributed by atoms with Crippen LogP contribution in [0.15, 0.2) is 34.9 Å². The van der Waals surface area contributed by atoms with Gasteiger partial charge in [0.1, 0.15) is 17.1 Å². The number of β-amino-alcohol motifs (C(OH)–C–C–N with tert-alkyl or cyclic N) is 1. The third kappa shape index (κ3) is 4.55. The highest BCUT2D eigenvalue weighted by Crippen LogP contribution is 2.32. The molecular weight excluding hydrogens is 459 g/mol. The van der Waals surface area contributed by atoms with Crippen molar-refractivity contribution in [2.75, 3.05) is 6.54 Å². The van der Waals surface area contributed by atoms with Gasteiger partial charge in [0, 0.05) is 36.3 Å². The molecule has 1 saturated heterocycles. The molecule has 3 heterocycles. The molecule has 5 N–H and O–H groups in total. The van der Waals surface area contributed by atoms with E-state index in [1.165, 1.54) is 6.21 Å². The van der Waals surface area contributed by atoms with Gasteiger partial charge in [-0.15, -0.1) is 0 Å². The van der Waals surface area contributed by atoms with Gasteiger partial charge in [-0.1, -0.05) is 5.04 Å². The highest BCUT2D eigenvalue weighted by molar-refractivity contribution is 6.07. The fourth-order valence-electron chi connectivity index (χ4n) is 4.43. The van der Waals surface area contributed by atoms with E-state index in [1.807, 2.05) is 6.92 Å². The first kappa shape index (κ1) is 24.2. The molecule has 184 valence electrons. The molecule has 11 heteroatoms. The summed E-state index contributed by atoms with van der Waals surface area (Å²) in [4.78, 5) is 29.9. The number of aliphatic hydroxyl groups excluding tert-OH is 1. The van der Waals surface area contributed by atoms with E-state index in [0.717, 1.165) is 0 Å². The van der Waals surface area contributed by atoms with E-state index < -0.39 is 12.0 Å². The van der Waals surface area contributed by atoms with Crippen LogP contribution in [0.2, 0.25) is 0 Å². The highest BCUT2D eigenvalue weighted by Gasteiger charge is 2.33. The van der Waals surface area contributed by atoms with Gasteiger partial charge in [0.2, 0.25) is 0 Å². The fourth-order valence-corrected chi connectivity index (χ4v) is 4.43. The normalized spacial score (nSPS) is 18.2. The number of ether oxygens (including phenoxy) is 1. The standard InChI is InChI=1S/C24H25FN4O6/c1-12-8-15(30)11-29(12)24(32)18-10-27-22(13(18)2)19(6-7-26)34-16-4-5-17-20(9-16)33-14(3)21(17)23(31)28-35-25/h4-7,9-10,12,15,26-27,30H,8,11H2,1-3H3,(H,28,31)/p+1/b19-6+,26-7?/t12-,15-/m1/s1. The van der Waals surface area contributed by atoms with E-state index >= 15 is 0 Å². The number of hydroxylamine groups is 1. The Morgan fingerprint density at radius 1 is 1.37 bits per heavy atom. The van der Waals surface area contributed by atoms with E-state index in [4.69, 9.17) is 14.6 Å². The number of furan rings is 1. The molecule has 0 aliphatic carbocycles. The first-order valence-electron chi connectivity index (χ1n) is 11.0. The van der Waals surface area contributed by atoms with Crippen LogP contribution in [0.25, 0.3) is 16.7 Å². The van der Waals surface area contributed by atoms with Crippen LogP contribution in [0, 0.1) is 13.8 Å². The molecule has 0 saturated carbocycles. The molecule has 1 aliphatic rings. The zero-order chi connectivity index (χ0) is 25.3. The van der Waals surface area contributed by atoms with E-state index in [9.17, 15) is 19.2 Å². The number of hydrogen-bond donors (Lipinski definition) is 4. The SMILES string of the molecule is Cc1oc2cc(O/C(=C/C=[NH2+])c3[nH]cc(C(=O)N4C[C@H](O)C[C@H]4C)c3C)ccc2c1C(=O)NOF. The van der Waals surface area contributed by atoms with Crippen LogP contribution >= 0.6 is 0 Å². The van der Waals surface area contributed by atoms with Crippen LogP contribution in [-0.4, -0.2) is 51.7 Å². The Bertz CT molecular complexity index is 1330. The van der Waals surface area contributed by atoms with E-state index in [-0.39, 0.29) is 29.8 Å². The average Bonchev–Trinajstić information content (AvgIpc) is 3.46. The number of aliphatic hydroxyl groups is 1. The summed E-state index contributed by atoms with van der Waals surface area (Å²) in [5.74, 6) is 0.0500. The second kappa shape index (κ2) is 9.72. The monoisotopic (exact) mass is 485 g/mol. The molecule has 1 aliphatic heterocycles. The van der Waals surface area contributed by atoms with Crippen LogP contribution in [0.1, 0.15) is 51.1 Å². The summed E-state index contributed by atoms with van der Waals surface area (Å²) in [5, 5.41) is 19.2. The Kier molecular flexibility index (Phi) is 6.72. The van der Waals surface area contributed by atoms with Crippen LogP contribution in [0.4, 0.5) is 4.53 Å². The van der Waals surface area contributed by atoms with Gasteiger partial charge in [0.15, 0.2) is 12.0 Å². The lowest BCUT2D eigenvalue weighted by Crippen LogP contribution is -2.34. The lowest BCUT2D eigenvalue weighted by Gasteiger charge is -2.21. The molecule has 1 fully saturated rings. The minimum absolute atomic E-state index is 0.0641. The van der Waals surface area contributed by atoms with Crippen LogP contribution in [-0.2, 0) is 5.04 Å². The number of nitrogens with one attached hydrogen (secondary N) is 2. The Morgan fingerprint density at radius 2 is 2.14 bits per heavy atom. The van der Waals surface area contributed by atoms with Crippen molar-refractivity contribution < 1.29 is 38.8 Å². The number of allylic oxidation sites excluding steroid dienone is 1. The fraction of sp³-hybridized carbons (Fsp3) is 0.292. The maximum atomic E-state index is 13.1. The Hall–Kier alpha value is -3.96. The molecule has 2 amide bonds. The van der Waals surface area contributed by atoms with Crippen molar-refractivity contribution in [3.63, 3.8) is 0 Å². The molecule has 1 aromatic carbocycles. The van der Waals surface area contributed by atoms with E-state index in [1.54, 1.807) is 54.7 Å². The molecule has 0 bridgehead atoms. The maximum Gasteiger partial charge on any atom is 0.281 e. The quantitative estimate of drug-likeness (QED) is 0.228. The number of carbonyl (C=O) groups excluding carboxylic acids is 2. The number of H-pyrrole nitrogens is 1. The number of benzene rings is 1. The predicted octanol–water partition coefficient (Wildman–Crippen LogP) is 1.77. The lowest BCUT2D eigenvalue weighted by molar-refractivity contribution is -0.176. The predicted molar refractivity (Wildman–Crippen MR) is 124 cm³/mol. The molecule has 2 atom stereocenters.